The molecule has 2 aromatic rings. The summed E-state index contributed by atoms with van der Waals surface area (Å²) in [6.45, 7) is 7.97. The van der Waals surface area contributed by atoms with Crippen molar-refractivity contribution >= 4 is 22.6 Å². The maximum atomic E-state index is 14.3. The average molecular weight is 356 g/mol. The highest BCUT2D eigenvalue weighted by Gasteiger charge is 2.53. The average Bonchev–Trinajstić information content (AvgIpc) is 3.05. The van der Waals surface area contributed by atoms with E-state index in [-0.39, 0.29) is 23.9 Å². The molecular weight excluding hydrogens is 331 g/mol. The molecule has 3 heterocycles. The quantitative estimate of drug-likeness (QED) is 0.820. The van der Waals surface area contributed by atoms with E-state index >= 15 is 0 Å². The van der Waals surface area contributed by atoms with E-state index in [0.29, 0.717) is 13.0 Å². The molecule has 2 fully saturated rings. The summed E-state index contributed by atoms with van der Waals surface area (Å²) in [5.74, 6) is -0.108. The van der Waals surface area contributed by atoms with Crippen LogP contribution in [-0.2, 0) is 4.79 Å². The van der Waals surface area contributed by atoms with E-state index in [9.17, 15) is 9.18 Å². The van der Waals surface area contributed by atoms with Crippen LogP contribution in [0.25, 0.3) is 11.0 Å². The molecule has 2 aromatic heterocycles. The van der Waals surface area contributed by atoms with Gasteiger partial charge in [-0.1, -0.05) is 6.58 Å². The van der Waals surface area contributed by atoms with Gasteiger partial charge in [0, 0.05) is 48.0 Å². The molecule has 0 radical (unpaired) electrons. The van der Waals surface area contributed by atoms with Crippen LogP contribution >= 0.6 is 0 Å². The second kappa shape index (κ2) is 6.11. The molecular formula is C20H25FN4O. The van der Waals surface area contributed by atoms with Gasteiger partial charge in [-0.3, -0.25) is 4.79 Å². The van der Waals surface area contributed by atoms with Crippen LogP contribution in [0, 0.1) is 0 Å². The van der Waals surface area contributed by atoms with E-state index < -0.39 is 5.67 Å². The van der Waals surface area contributed by atoms with Crippen LogP contribution in [0.1, 0.15) is 44.6 Å². The molecule has 1 unspecified atom stereocenters. The Labute approximate surface area is 152 Å². The number of H-pyrrole nitrogens is 1. The van der Waals surface area contributed by atoms with Crippen molar-refractivity contribution in [3.8, 4) is 0 Å². The molecule has 4 rings (SSSR count). The molecule has 0 bridgehead atoms. The van der Waals surface area contributed by atoms with Crippen LogP contribution in [0.15, 0.2) is 31.1 Å². The summed E-state index contributed by atoms with van der Waals surface area (Å²) in [6.07, 6.45) is 7.49. The number of carbonyl (C=O) groups excluding carboxylic acids is 1. The Morgan fingerprint density at radius 1 is 1.54 bits per heavy atom. The van der Waals surface area contributed by atoms with Crippen molar-refractivity contribution in [2.45, 2.75) is 56.8 Å². The first-order valence-electron chi connectivity index (χ1n) is 9.25. The molecule has 1 saturated heterocycles. The molecule has 1 aliphatic carbocycles. The Morgan fingerprint density at radius 2 is 2.31 bits per heavy atom. The molecule has 6 heteroatoms. The van der Waals surface area contributed by atoms with Crippen LogP contribution in [0.5, 0.6) is 0 Å². The summed E-state index contributed by atoms with van der Waals surface area (Å²) >= 11 is 0. The molecule has 0 spiro atoms. The summed E-state index contributed by atoms with van der Waals surface area (Å²) < 4.78 is 14.3. The van der Waals surface area contributed by atoms with E-state index in [4.69, 9.17) is 0 Å². The second-order valence-corrected chi connectivity index (χ2v) is 7.82. The van der Waals surface area contributed by atoms with Crippen molar-refractivity contribution in [2.75, 3.05) is 11.9 Å². The smallest absolute Gasteiger partial charge is 0.246 e. The van der Waals surface area contributed by atoms with Gasteiger partial charge in [-0.25, -0.2) is 9.37 Å². The number of hydrogen-bond acceptors (Lipinski definition) is 3. The lowest BCUT2D eigenvalue weighted by atomic mass is 9.98. The van der Waals surface area contributed by atoms with Gasteiger partial charge >= 0.3 is 0 Å². The number of pyridine rings is 1. The van der Waals surface area contributed by atoms with E-state index in [0.717, 1.165) is 35.1 Å². The Balaban J connectivity index is 1.60. The number of hydrogen-bond donors (Lipinski definition) is 2. The van der Waals surface area contributed by atoms with Crippen molar-refractivity contribution in [1.29, 1.82) is 0 Å². The fraction of sp³-hybridized carbons (Fsp3) is 0.500. The molecule has 0 aromatic carbocycles. The number of alkyl halides is 1. The first-order valence-corrected chi connectivity index (χ1v) is 9.25. The number of fused-ring (bicyclic) bond motifs is 1. The predicted molar refractivity (Wildman–Crippen MR) is 101 cm³/mol. The minimum Gasteiger partial charge on any atom is -0.380 e. The van der Waals surface area contributed by atoms with E-state index in [1.165, 1.54) is 6.08 Å². The Morgan fingerprint density at radius 3 is 3.00 bits per heavy atom. The van der Waals surface area contributed by atoms with Gasteiger partial charge in [0.15, 0.2) is 0 Å². The van der Waals surface area contributed by atoms with Gasteiger partial charge in [-0.2, -0.15) is 0 Å². The van der Waals surface area contributed by atoms with Crippen LogP contribution in [0.3, 0.4) is 0 Å². The van der Waals surface area contributed by atoms with Crippen molar-refractivity contribution in [1.82, 2.24) is 14.9 Å². The summed E-state index contributed by atoms with van der Waals surface area (Å²) in [7, 11) is 0. The first kappa shape index (κ1) is 17.1. The zero-order valence-electron chi connectivity index (χ0n) is 15.3. The number of amides is 1. The Kier molecular flexibility index (Phi) is 4.01. The second-order valence-electron chi connectivity index (χ2n) is 7.82. The van der Waals surface area contributed by atoms with Crippen molar-refractivity contribution in [3.63, 3.8) is 0 Å². The zero-order chi connectivity index (χ0) is 18.5. The molecule has 2 N–H and O–H groups in total. The monoisotopic (exact) mass is 356 g/mol. The van der Waals surface area contributed by atoms with Gasteiger partial charge in [-0.05, 0) is 50.8 Å². The van der Waals surface area contributed by atoms with Gasteiger partial charge < -0.3 is 15.2 Å². The number of nitrogens with one attached hydrogen (secondary N) is 2. The number of nitrogens with zero attached hydrogens (tertiary/aromatic N) is 2. The Bertz CT molecular complexity index is 859. The highest BCUT2D eigenvalue weighted by atomic mass is 19.1. The van der Waals surface area contributed by atoms with E-state index in [1.54, 1.807) is 13.1 Å². The molecule has 138 valence electrons. The molecule has 5 nitrogen and oxygen atoms in total. The largest absolute Gasteiger partial charge is 0.380 e. The maximum Gasteiger partial charge on any atom is 0.246 e. The number of aromatic nitrogens is 2. The standard InChI is InChI=1S/C20H25FN4O/c1-4-17(26)25-11-13(6-5-12(25)2)24-16-7-8-22-19-18(16)14(10-23-19)15-9-20(15,3)21/h4,7-8,10,12-13,15H,1,5-6,9,11H2,2-3H3,(H2,22,23,24)/t12-,13+,15-,20?/m0/s1. The lowest BCUT2D eigenvalue weighted by molar-refractivity contribution is -0.129. The molecule has 26 heavy (non-hydrogen) atoms. The number of piperidine rings is 1. The topological polar surface area (TPSA) is 61.0 Å². The number of aromatic amines is 1. The SMILES string of the molecule is C=CC(=O)N1C[C@H](Nc2ccnc3[nH]cc([C@@H]4CC4(C)F)c23)CC[C@@H]1C. The summed E-state index contributed by atoms with van der Waals surface area (Å²) in [6, 6.07) is 2.31. The third kappa shape index (κ3) is 2.87. The normalized spacial score (nSPS) is 31.0. The van der Waals surface area contributed by atoms with Crippen molar-refractivity contribution < 1.29 is 9.18 Å². The molecule has 1 aliphatic heterocycles. The number of rotatable bonds is 4. The summed E-state index contributed by atoms with van der Waals surface area (Å²) in [5.41, 5.74) is 1.59. The lowest BCUT2D eigenvalue weighted by Gasteiger charge is -2.38. The predicted octanol–water partition coefficient (Wildman–Crippen LogP) is 3.76. The van der Waals surface area contributed by atoms with Gasteiger partial charge in [0.05, 0.1) is 0 Å². The molecule has 1 amide bonds. The fourth-order valence-corrected chi connectivity index (χ4v) is 4.12. The van der Waals surface area contributed by atoms with Crippen LogP contribution in [-0.4, -0.2) is 45.1 Å². The number of carbonyl (C=O) groups is 1. The summed E-state index contributed by atoms with van der Waals surface area (Å²) in [5, 5.41) is 4.55. The summed E-state index contributed by atoms with van der Waals surface area (Å²) in [4.78, 5) is 21.5. The molecule has 4 atom stereocenters. The third-order valence-corrected chi connectivity index (χ3v) is 5.85. The molecule has 2 aliphatic rings. The van der Waals surface area contributed by atoms with Crippen LogP contribution in [0.2, 0.25) is 0 Å². The van der Waals surface area contributed by atoms with Crippen molar-refractivity contribution in [3.05, 3.63) is 36.7 Å². The minimum absolute atomic E-state index is 0.0302. The number of likely N-dealkylation sites (tertiary alicyclic amines) is 1. The van der Waals surface area contributed by atoms with Crippen LogP contribution in [0.4, 0.5) is 10.1 Å². The van der Waals surface area contributed by atoms with Crippen molar-refractivity contribution in [2.24, 2.45) is 0 Å². The number of halogens is 1. The highest BCUT2D eigenvalue weighted by molar-refractivity contribution is 5.93. The Hall–Kier alpha value is -2.37. The fourth-order valence-electron chi connectivity index (χ4n) is 4.12. The minimum atomic E-state index is -1.13. The molecule has 1 saturated carbocycles. The van der Waals surface area contributed by atoms with E-state index in [2.05, 4.69) is 28.8 Å². The highest BCUT2D eigenvalue weighted by Crippen LogP contribution is 2.56. The number of anilines is 1. The third-order valence-electron chi connectivity index (χ3n) is 5.85. The lowest BCUT2D eigenvalue weighted by Crippen LogP contribution is -2.49. The first-order chi connectivity index (χ1) is 12.4. The van der Waals surface area contributed by atoms with E-state index in [1.807, 2.05) is 17.2 Å². The maximum absolute atomic E-state index is 14.3. The van der Waals surface area contributed by atoms with Gasteiger partial charge in [-0.15, -0.1) is 0 Å². The van der Waals surface area contributed by atoms with Gasteiger partial charge in [0.1, 0.15) is 11.3 Å². The zero-order valence-corrected chi connectivity index (χ0v) is 15.3. The van der Waals surface area contributed by atoms with Gasteiger partial charge in [0.2, 0.25) is 5.91 Å². The van der Waals surface area contributed by atoms with Gasteiger partial charge in [0.25, 0.3) is 0 Å². The van der Waals surface area contributed by atoms with Crippen LogP contribution < -0.4 is 5.32 Å².